The SMILES string of the molecule is CCCC[C@@H](COc1ccc(-c2ccc(C(F)(F)F)cc2Cl)cn1)Nc1ccc(C(=O)CCCC(=O)O)cc1. The molecule has 6 nitrogen and oxygen atoms in total. The number of carbonyl (C=O) groups is 2. The van der Waals surface area contributed by atoms with Gasteiger partial charge in [0.15, 0.2) is 5.78 Å². The molecule has 0 amide bonds. The van der Waals surface area contributed by atoms with E-state index in [4.69, 9.17) is 21.4 Å². The minimum absolute atomic E-state index is 0.0166. The second kappa shape index (κ2) is 14.0. The molecule has 0 saturated carbocycles. The van der Waals surface area contributed by atoms with Crippen LogP contribution in [0.5, 0.6) is 5.88 Å². The molecule has 2 N–H and O–H groups in total. The summed E-state index contributed by atoms with van der Waals surface area (Å²) < 4.78 is 44.6. The van der Waals surface area contributed by atoms with E-state index < -0.39 is 17.7 Å². The largest absolute Gasteiger partial charge is 0.481 e. The second-order valence-electron chi connectivity index (χ2n) is 9.12. The zero-order chi connectivity index (χ0) is 28.4. The number of anilines is 1. The number of aliphatic carboxylic acids is 1. The van der Waals surface area contributed by atoms with Crippen molar-refractivity contribution in [2.75, 3.05) is 11.9 Å². The molecule has 3 aromatic rings. The van der Waals surface area contributed by atoms with E-state index in [1.165, 1.54) is 12.3 Å². The Morgan fingerprint density at radius 3 is 2.38 bits per heavy atom. The summed E-state index contributed by atoms with van der Waals surface area (Å²) in [5.74, 6) is -0.648. The highest BCUT2D eigenvalue weighted by atomic mass is 35.5. The van der Waals surface area contributed by atoms with Crippen molar-refractivity contribution >= 4 is 29.0 Å². The molecule has 208 valence electrons. The van der Waals surface area contributed by atoms with E-state index in [0.29, 0.717) is 35.6 Å². The van der Waals surface area contributed by atoms with Crippen molar-refractivity contribution in [3.63, 3.8) is 0 Å². The Kier molecular flexibility index (Phi) is 10.7. The Hall–Kier alpha value is -3.59. The van der Waals surface area contributed by atoms with Gasteiger partial charge >= 0.3 is 12.1 Å². The molecule has 0 fully saturated rings. The molecule has 39 heavy (non-hydrogen) atoms. The summed E-state index contributed by atoms with van der Waals surface area (Å²) in [7, 11) is 0. The number of alkyl halides is 3. The third-order valence-corrected chi connectivity index (χ3v) is 6.37. The third kappa shape index (κ3) is 9.28. The van der Waals surface area contributed by atoms with Crippen LogP contribution in [0.15, 0.2) is 60.8 Å². The molecule has 0 aliphatic carbocycles. The van der Waals surface area contributed by atoms with Crippen LogP contribution in [0.25, 0.3) is 11.1 Å². The maximum atomic E-state index is 12.9. The molecule has 10 heteroatoms. The number of Topliss-reactive ketones (excluding diaryl/α,β-unsaturated/α-hetero) is 1. The molecular formula is C29H30ClF3N2O4. The molecule has 1 aromatic heterocycles. The van der Waals surface area contributed by atoms with Crippen molar-refractivity contribution in [2.24, 2.45) is 0 Å². The number of unbranched alkanes of at least 4 members (excludes halogenated alkanes) is 1. The lowest BCUT2D eigenvalue weighted by molar-refractivity contribution is -0.138. The van der Waals surface area contributed by atoms with Gasteiger partial charge < -0.3 is 15.2 Å². The van der Waals surface area contributed by atoms with E-state index >= 15 is 0 Å². The number of benzene rings is 2. The molecule has 0 unspecified atom stereocenters. The number of carboxylic acid groups (broad SMARTS) is 1. The minimum Gasteiger partial charge on any atom is -0.481 e. The van der Waals surface area contributed by atoms with Gasteiger partial charge in [0.05, 0.1) is 11.6 Å². The lowest BCUT2D eigenvalue weighted by Gasteiger charge is -2.20. The molecule has 0 bridgehead atoms. The van der Waals surface area contributed by atoms with Crippen LogP contribution in [0.4, 0.5) is 18.9 Å². The van der Waals surface area contributed by atoms with Gasteiger partial charge in [-0.15, -0.1) is 0 Å². The number of hydrogen-bond acceptors (Lipinski definition) is 5. The first-order valence-corrected chi connectivity index (χ1v) is 13.0. The normalized spacial score (nSPS) is 12.1. The number of nitrogens with one attached hydrogen (secondary N) is 1. The predicted octanol–water partition coefficient (Wildman–Crippen LogP) is 7.91. The molecule has 3 rings (SSSR count). The van der Waals surface area contributed by atoms with E-state index in [9.17, 15) is 22.8 Å². The van der Waals surface area contributed by atoms with Crippen molar-refractivity contribution in [3.05, 3.63) is 76.9 Å². The Morgan fingerprint density at radius 2 is 1.79 bits per heavy atom. The maximum absolute atomic E-state index is 12.9. The topological polar surface area (TPSA) is 88.5 Å². The van der Waals surface area contributed by atoms with Gasteiger partial charge in [0.25, 0.3) is 0 Å². The molecule has 1 heterocycles. The fourth-order valence-corrected chi connectivity index (χ4v) is 4.21. The first-order chi connectivity index (χ1) is 18.6. The van der Waals surface area contributed by atoms with Gasteiger partial charge in [-0.3, -0.25) is 9.59 Å². The highest BCUT2D eigenvalue weighted by Gasteiger charge is 2.31. The molecule has 1 atom stereocenters. The molecule has 0 aliphatic rings. The van der Waals surface area contributed by atoms with Crippen LogP contribution in [-0.4, -0.2) is 34.5 Å². The van der Waals surface area contributed by atoms with Gasteiger partial charge in [0.2, 0.25) is 5.88 Å². The first kappa shape index (κ1) is 30.0. The molecular weight excluding hydrogens is 533 g/mol. The third-order valence-electron chi connectivity index (χ3n) is 6.05. The monoisotopic (exact) mass is 562 g/mol. The minimum atomic E-state index is -4.47. The number of halogens is 4. The van der Waals surface area contributed by atoms with E-state index in [0.717, 1.165) is 37.1 Å². The van der Waals surface area contributed by atoms with Crippen LogP contribution in [-0.2, 0) is 11.0 Å². The summed E-state index contributed by atoms with van der Waals surface area (Å²) in [6.07, 6.45) is 0.298. The smallest absolute Gasteiger partial charge is 0.416 e. The number of aromatic nitrogens is 1. The van der Waals surface area contributed by atoms with E-state index in [-0.39, 0.29) is 29.7 Å². The molecule has 0 radical (unpaired) electrons. The summed E-state index contributed by atoms with van der Waals surface area (Å²) in [5.41, 5.74) is 1.55. The van der Waals surface area contributed by atoms with Crippen LogP contribution in [0.1, 0.15) is 61.4 Å². The zero-order valence-electron chi connectivity index (χ0n) is 21.4. The summed E-state index contributed by atoms with van der Waals surface area (Å²) in [5, 5.41) is 12.1. The van der Waals surface area contributed by atoms with E-state index in [1.54, 1.807) is 24.3 Å². The molecule has 0 spiro atoms. The van der Waals surface area contributed by atoms with Crippen molar-refractivity contribution in [2.45, 2.75) is 57.7 Å². The summed E-state index contributed by atoms with van der Waals surface area (Å²) in [6, 6.07) is 13.6. The Morgan fingerprint density at radius 1 is 1.05 bits per heavy atom. The van der Waals surface area contributed by atoms with Crippen LogP contribution >= 0.6 is 11.6 Å². The fourth-order valence-electron chi connectivity index (χ4n) is 3.92. The number of nitrogens with zero attached hydrogens (tertiary/aromatic N) is 1. The van der Waals surface area contributed by atoms with Gasteiger partial charge in [-0.1, -0.05) is 37.4 Å². The number of carboxylic acids is 1. The van der Waals surface area contributed by atoms with Gasteiger partial charge in [-0.25, -0.2) is 4.98 Å². The molecule has 0 saturated heterocycles. The number of hydrogen-bond donors (Lipinski definition) is 2. The van der Waals surface area contributed by atoms with Gasteiger partial charge in [0, 0.05) is 52.5 Å². The van der Waals surface area contributed by atoms with Crippen molar-refractivity contribution in [3.8, 4) is 17.0 Å². The number of carbonyl (C=O) groups excluding carboxylic acids is 1. The lowest BCUT2D eigenvalue weighted by Crippen LogP contribution is -2.27. The van der Waals surface area contributed by atoms with Crippen molar-refractivity contribution < 1.29 is 32.6 Å². The fraction of sp³-hybridized carbons (Fsp3) is 0.345. The predicted molar refractivity (Wildman–Crippen MR) is 144 cm³/mol. The maximum Gasteiger partial charge on any atom is 0.416 e. The van der Waals surface area contributed by atoms with E-state index in [2.05, 4.69) is 17.2 Å². The van der Waals surface area contributed by atoms with Gasteiger partial charge in [0.1, 0.15) is 6.61 Å². The average Bonchev–Trinajstić information content (AvgIpc) is 2.90. The molecule has 0 aliphatic heterocycles. The Balaban J connectivity index is 1.59. The summed E-state index contributed by atoms with van der Waals surface area (Å²) in [4.78, 5) is 27.2. The van der Waals surface area contributed by atoms with Crippen LogP contribution in [0.3, 0.4) is 0 Å². The second-order valence-corrected chi connectivity index (χ2v) is 9.53. The Bertz CT molecular complexity index is 1250. The number of ether oxygens (including phenoxy) is 1. The zero-order valence-corrected chi connectivity index (χ0v) is 22.2. The highest BCUT2D eigenvalue weighted by Crippen LogP contribution is 2.35. The van der Waals surface area contributed by atoms with Crippen LogP contribution in [0, 0.1) is 0 Å². The quantitative estimate of drug-likeness (QED) is 0.194. The number of pyridine rings is 1. The summed E-state index contributed by atoms with van der Waals surface area (Å²) >= 11 is 6.09. The highest BCUT2D eigenvalue weighted by molar-refractivity contribution is 6.33. The van der Waals surface area contributed by atoms with Crippen LogP contribution < -0.4 is 10.1 Å². The number of ketones is 1. The van der Waals surface area contributed by atoms with Gasteiger partial charge in [-0.2, -0.15) is 13.2 Å². The van der Waals surface area contributed by atoms with Gasteiger partial charge in [-0.05, 0) is 55.3 Å². The summed E-state index contributed by atoms with van der Waals surface area (Å²) in [6.45, 7) is 2.42. The standard InChI is InChI=1S/C29H30ClF3N2O4/c1-2-3-5-23(35-22-12-8-19(9-13-22)26(36)6-4-7-28(37)38)18-39-27-15-10-20(17-34-27)24-14-11-21(16-25(24)30)29(31,32)33/h8-17,23,35H,2-7,18H2,1H3,(H,37,38)/t23-/m0/s1. The Labute approximate surface area is 230 Å². The van der Waals surface area contributed by atoms with Crippen LogP contribution in [0.2, 0.25) is 5.02 Å². The first-order valence-electron chi connectivity index (χ1n) is 12.6. The molecule has 2 aromatic carbocycles. The number of rotatable bonds is 14. The lowest BCUT2D eigenvalue weighted by atomic mass is 10.0. The van der Waals surface area contributed by atoms with E-state index in [1.807, 2.05) is 12.1 Å². The van der Waals surface area contributed by atoms with Crippen molar-refractivity contribution in [1.82, 2.24) is 4.98 Å². The van der Waals surface area contributed by atoms with Crippen molar-refractivity contribution in [1.29, 1.82) is 0 Å². The average molecular weight is 563 g/mol.